The smallest absolute Gasteiger partial charge is 0.251 e. The van der Waals surface area contributed by atoms with Gasteiger partial charge >= 0.3 is 0 Å². The third kappa shape index (κ3) is 4.28. The van der Waals surface area contributed by atoms with Crippen molar-refractivity contribution in [1.82, 2.24) is 15.3 Å². The first kappa shape index (κ1) is 20.3. The Hall–Kier alpha value is -2.99. The molecule has 0 atom stereocenters. The van der Waals surface area contributed by atoms with Crippen molar-refractivity contribution in [2.24, 2.45) is 0 Å². The second kappa shape index (κ2) is 8.79. The van der Waals surface area contributed by atoms with Crippen molar-refractivity contribution in [2.75, 3.05) is 13.2 Å². The number of benzene rings is 3. The standard InChI is InChI=1S/C23H17Cl2N3O2/c24-17-6-1-14(2-7-17)21-22(15-3-8-18(25)9-4-15)28-20-13-16(5-10-19(20)27-21)23(30)26-11-12-29/h1-10,13,29H,11-12H2,(H,26,30). The molecule has 0 saturated carbocycles. The Morgan fingerprint density at radius 3 is 1.87 bits per heavy atom. The van der Waals surface area contributed by atoms with E-state index >= 15 is 0 Å². The molecule has 0 fully saturated rings. The second-order valence-corrected chi connectivity index (χ2v) is 7.49. The van der Waals surface area contributed by atoms with Gasteiger partial charge in [0.15, 0.2) is 0 Å². The van der Waals surface area contributed by atoms with Crippen LogP contribution in [0.5, 0.6) is 0 Å². The maximum Gasteiger partial charge on any atom is 0.251 e. The van der Waals surface area contributed by atoms with Crippen molar-refractivity contribution in [3.63, 3.8) is 0 Å². The van der Waals surface area contributed by atoms with Gasteiger partial charge < -0.3 is 10.4 Å². The Kier molecular flexibility index (Phi) is 5.95. The van der Waals surface area contributed by atoms with E-state index in [0.29, 0.717) is 38.0 Å². The van der Waals surface area contributed by atoms with Crippen LogP contribution in [0.3, 0.4) is 0 Å². The van der Waals surface area contributed by atoms with Gasteiger partial charge in [-0.3, -0.25) is 4.79 Å². The number of rotatable bonds is 5. The molecule has 0 bridgehead atoms. The first-order valence-electron chi connectivity index (χ1n) is 9.28. The van der Waals surface area contributed by atoms with Crippen molar-refractivity contribution >= 4 is 40.1 Å². The summed E-state index contributed by atoms with van der Waals surface area (Å²) in [6.07, 6.45) is 0. The van der Waals surface area contributed by atoms with Crippen LogP contribution >= 0.6 is 23.2 Å². The number of nitrogens with one attached hydrogen (secondary N) is 1. The Bertz CT molecular complexity index is 1210. The van der Waals surface area contributed by atoms with E-state index in [4.69, 9.17) is 38.3 Å². The molecule has 2 N–H and O–H groups in total. The highest BCUT2D eigenvalue weighted by molar-refractivity contribution is 6.31. The zero-order chi connectivity index (χ0) is 21.1. The van der Waals surface area contributed by atoms with Crippen LogP contribution in [0.1, 0.15) is 10.4 Å². The van der Waals surface area contributed by atoms with Crippen molar-refractivity contribution in [3.8, 4) is 22.5 Å². The normalized spacial score (nSPS) is 10.9. The van der Waals surface area contributed by atoms with E-state index in [2.05, 4.69) is 5.32 Å². The number of hydrogen-bond donors (Lipinski definition) is 2. The van der Waals surface area contributed by atoms with E-state index in [1.807, 2.05) is 36.4 Å². The third-order valence-electron chi connectivity index (χ3n) is 4.56. The average molecular weight is 438 g/mol. The van der Waals surface area contributed by atoms with E-state index in [1.54, 1.807) is 30.3 Å². The summed E-state index contributed by atoms with van der Waals surface area (Å²) in [6, 6.07) is 19.9. The summed E-state index contributed by atoms with van der Waals surface area (Å²) in [4.78, 5) is 21.9. The van der Waals surface area contributed by atoms with E-state index in [9.17, 15) is 4.79 Å². The van der Waals surface area contributed by atoms with Crippen molar-refractivity contribution in [2.45, 2.75) is 0 Å². The summed E-state index contributed by atoms with van der Waals surface area (Å²) in [5.74, 6) is -0.275. The lowest BCUT2D eigenvalue weighted by Gasteiger charge is -2.12. The molecule has 150 valence electrons. The molecule has 3 aromatic carbocycles. The van der Waals surface area contributed by atoms with Crippen LogP contribution in [0, 0.1) is 0 Å². The first-order valence-corrected chi connectivity index (χ1v) is 10.0. The van der Waals surface area contributed by atoms with Crippen LogP contribution in [0.15, 0.2) is 66.7 Å². The number of amides is 1. The van der Waals surface area contributed by atoms with E-state index < -0.39 is 0 Å². The number of hydrogen-bond acceptors (Lipinski definition) is 4. The van der Waals surface area contributed by atoms with E-state index in [1.165, 1.54) is 0 Å². The van der Waals surface area contributed by atoms with Crippen LogP contribution in [0.25, 0.3) is 33.5 Å². The molecular formula is C23H17Cl2N3O2. The van der Waals surface area contributed by atoms with Crippen molar-refractivity contribution in [3.05, 3.63) is 82.3 Å². The van der Waals surface area contributed by atoms with Gasteiger partial charge in [0.1, 0.15) is 0 Å². The van der Waals surface area contributed by atoms with Gasteiger partial charge in [0, 0.05) is 33.3 Å². The summed E-state index contributed by atoms with van der Waals surface area (Å²) in [7, 11) is 0. The van der Waals surface area contributed by atoms with Crippen molar-refractivity contribution < 1.29 is 9.90 Å². The van der Waals surface area contributed by atoms with Crippen LogP contribution in [0.4, 0.5) is 0 Å². The summed E-state index contributed by atoms with van der Waals surface area (Å²) in [5, 5.41) is 12.8. The van der Waals surface area contributed by atoms with Crippen LogP contribution < -0.4 is 5.32 Å². The van der Waals surface area contributed by atoms with Gasteiger partial charge in [-0.1, -0.05) is 47.5 Å². The average Bonchev–Trinajstić information content (AvgIpc) is 2.77. The predicted molar refractivity (Wildman–Crippen MR) is 120 cm³/mol. The third-order valence-corrected chi connectivity index (χ3v) is 5.06. The minimum Gasteiger partial charge on any atom is -0.395 e. The molecule has 0 aliphatic rings. The highest BCUT2D eigenvalue weighted by atomic mass is 35.5. The second-order valence-electron chi connectivity index (χ2n) is 6.62. The maximum absolute atomic E-state index is 12.3. The monoisotopic (exact) mass is 437 g/mol. The number of carbonyl (C=O) groups is 1. The van der Waals surface area contributed by atoms with Crippen LogP contribution in [-0.2, 0) is 0 Å². The number of nitrogens with zero attached hydrogens (tertiary/aromatic N) is 2. The van der Waals surface area contributed by atoms with Crippen LogP contribution in [0.2, 0.25) is 10.0 Å². The summed E-state index contributed by atoms with van der Waals surface area (Å²) >= 11 is 12.1. The predicted octanol–water partition coefficient (Wildman–Crippen LogP) is 4.99. The molecule has 0 spiro atoms. The molecule has 1 aromatic heterocycles. The maximum atomic E-state index is 12.3. The molecular weight excluding hydrogens is 421 g/mol. The Morgan fingerprint density at radius 1 is 0.800 bits per heavy atom. The number of halogens is 2. The molecule has 5 nitrogen and oxygen atoms in total. The molecule has 0 aliphatic carbocycles. The van der Waals surface area contributed by atoms with Gasteiger partial charge in [0.2, 0.25) is 0 Å². The number of aliphatic hydroxyl groups excluding tert-OH is 1. The first-order chi connectivity index (χ1) is 14.5. The van der Waals surface area contributed by atoms with Crippen molar-refractivity contribution in [1.29, 1.82) is 0 Å². The minimum atomic E-state index is -0.275. The van der Waals surface area contributed by atoms with Gasteiger partial charge in [-0.15, -0.1) is 0 Å². The largest absolute Gasteiger partial charge is 0.395 e. The van der Waals surface area contributed by atoms with Gasteiger partial charge in [-0.05, 0) is 42.5 Å². The van der Waals surface area contributed by atoms with Gasteiger partial charge in [0.05, 0.1) is 29.0 Å². The summed E-state index contributed by atoms with van der Waals surface area (Å²) in [5.41, 5.74) is 4.82. The van der Waals surface area contributed by atoms with E-state index in [0.717, 1.165) is 11.1 Å². The zero-order valence-electron chi connectivity index (χ0n) is 15.8. The fraction of sp³-hybridized carbons (Fsp3) is 0.0870. The molecule has 7 heteroatoms. The van der Waals surface area contributed by atoms with Crippen LogP contribution in [-0.4, -0.2) is 34.1 Å². The van der Waals surface area contributed by atoms with Gasteiger partial charge in [-0.25, -0.2) is 9.97 Å². The molecule has 0 aliphatic heterocycles. The Balaban J connectivity index is 1.88. The summed E-state index contributed by atoms with van der Waals surface area (Å²) < 4.78 is 0. The van der Waals surface area contributed by atoms with E-state index in [-0.39, 0.29) is 19.1 Å². The lowest BCUT2D eigenvalue weighted by Crippen LogP contribution is -2.26. The molecule has 0 unspecified atom stereocenters. The number of carbonyl (C=O) groups excluding carboxylic acids is 1. The lowest BCUT2D eigenvalue weighted by molar-refractivity contribution is 0.0945. The lowest BCUT2D eigenvalue weighted by atomic mass is 10.0. The fourth-order valence-electron chi connectivity index (χ4n) is 3.09. The molecule has 1 heterocycles. The zero-order valence-corrected chi connectivity index (χ0v) is 17.3. The number of aromatic nitrogens is 2. The molecule has 4 rings (SSSR count). The molecule has 30 heavy (non-hydrogen) atoms. The topological polar surface area (TPSA) is 75.1 Å². The fourth-order valence-corrected chi connectivity index (χ4v) is 3.34. The SMILES string of the molecule is O=C(NCCO)c1ccc2nc(-c3ccc(Cl)cc3)c(-c3ccc(Cl)cc3)nc2c1. The van der Waals surface area contributed by atoms with Gasteiger partial charge in [0.25, 0.3) is 5.91 Å². The molecule has 0 radical (unpaired) electrons. The highest BCUT2D eigenvalue weighted by Crippen LogP contribution is 2.32. The molecule has 1 amide bonds. The Morgan fingerprint density at radius 2 is 1.33 bits per heavy atom. The minimum absolute atomic E-state index is 0.121. The molecule has 4 aromatic rings. The Labute approximate surface area is 183 Å². The quantitative estimate of drug-likeness (QED) is 0.460. The summed E-state index contributed by atoms with van der Waals surface area (Å²) in [6.45, 7) is 0.0678. The number of aliphatic hydroxyl groups is 1. The number of fused-ring (bicyclic) bond motifs is 1. The highest BCUT2D eigenvalue weighted by Gasteiger charge is 2.15. The molecule has 0 saturated heterocycles. The van der Waals surface area contributed by atoms with Gasteiger partial charge in [-0.2, -0.15) is 0 Å².